The molecule has 0 aromatic carbocycles. The van der Waals surface area contributed by atoms with Gasteiger partial charge in [0.1, 0.15) is 0 Å². The van der Waals surface area contributed by atoms with Gasteiger partial charge in [-0.05, 0) is 12.3 Å². The smallest absolute Gasteiger partial charge is 0.317 e. The van der Waals surface area contributed by atoms with Gasteiger partial charge in [-0.25, -0.2) is 4.79 Å². The second-order valence-corrected chi connectivity index (χ2v) is 5.49. The Morgan fingerprint density at radius 3 is 2.56 bits per heavy atom. The van der Waals surface area contributed by atoms with Crippen molar-refractivity contribution in [3.63, 3.8) is 0 Å². The second-order valence-electron chi connectivity index (χ2n) is 5.49. The molecular formula is C13H24N2O3. The molecule has 1 aliphatic heterocycles. The first-order valence-electron chi connectivity index (χ1n) is 6.73. The van der Waals surface area contributed by atoms with E-state index in [1.165, 1.54) is 6.42 Å². The first-order valence-corrected chi connectivity index (χ1v) is 6.73. The highest BCUT2D eigenvalue weighted by molar-refractivity contribution is 5.75. The van der Waals surface area contributed by atoms with Crippen LogP contribution in [0.5, 0.6) is 0 Å². The Morgan fingerprint density at radius 1 is 1.33 bits per heavy atom. The van der Waals surface area contributed by atoms with Crippen LogP contribution < -0.4 is 5.32 Å². The maximum Gasteiger partial charge on any atom is 0.317 e. The summed E-state index contributed by atoms with van der Waals surface area (Å²) in [5.41, 5.74) is 0. The predicted molar refractivity (Wildman–Crippen MR) is 69.4 cm³/mol. The summed E-state index contributed by atoms with van der Waals surface area (Å²) in [5.74, 6) is 0.0656. The number of likely N-dealkylation sites (tertiary alicyclic amines) is 1. The third-order valence-corrected chi connectivity index (χ3v) is 3.19. The number of carbonyl (C=O) groups is 2. The summed E-state index contributed by atoms with van der Waals surface area (Å²) in [6.07, 6.45) is 3.51. The Labute approximate surface area is 109 Å². The van der Waals surface area contributed by atoms with Crippen LogP contribution in [0.4, 0.5) is 4.79 Å². The maximum atomic E-state index is 11.6. The zero-order valence-corrected chi connectivity index (χ0v) is 11.3. The number of rotatable bonds is 7. The van der Waals surface area contributed by atoms with E-state index in [0.29, 0.717) is 25.6 Å². The van der Waals surface area contributed by atoms with Crippen molar-refractivity contribution < 1.29 is 14.7 Å². The van der Waals surface area contributed by atoms with Crippen molar-refractivity contribution in [1.82, 2.24) is 10.2 Å². The normalized spacial score (nSPS) is 15.6. The van der Waals surface area contributed by atoms with E-state index in [4.69, 9.17) is 5.11 Å². The van der Waals surface area contributed by atoms with E-state index in [2.05, 4.69) is 19.2 Å². The Morgan fingerprint density at radius 2 is 2.00 bits per heavy atom. The van der Waals surface area contributed by atoms with Gasteiger partial charge in [0.05, 0.1) is 6.42 Å². The quantitative estimate of drug-likeness (QED) is 0.684. The van der Waals surface area contributed by atoms with Crippen molar-refractivity contribution in [2.24, 2.45) is 11.8 Å². The van der Waals surface area contributed by atoms with Gasteiger partial charge < -0.3 is 15.3 Å². The second kappa shape index (κ2) is 7.24. The van der Waals surface area contributed by atoms with Crippen molar-refractivity contribution in [3.05, 3.63) is 0 Å². The van der Waals surface area contributed by atoms with E-state index in [0.717, 1.165) is 12.8 Å². The van der Waals surface area contributed by atoms with Crippen molar-refractivity contribution >= 4 is 12.0 Å². The minimum atomic E-state index is -0.784. The van der Waals surface area contributed by atoms with Crippen LogP contribution in [-0.4, -0.2) is 41.6 Å². The molecule has 18 heavy (non-hydrogen) atoms. The lowest BCUT2D eigenvalue weighted by molar-refractivity contribution is -0.139. The fourth-order valence-corrected chi connectivity index (χ4v) is 2.10. The van der Waals surface area contributed by atoms with Gasteiger partial charge in [-0.15, -0.1) is 0 Å². The van der Waals surface area contributed by atoms with Crippen molar-refractivity contribution in [3.8, 4) is 0 Å². The number of carbonyl (C=O) groups excluding carboxylic acids is 1. The zero-order valence-electron chi connectivity index (χ0n) is 11.3. The Hall–Kier alpha value is -1.26. The van der Waals surface area contributed by atoms with E-state index in [1.54, 1.807) is 4.90 Å². The average Bonchev–Trinajstić information content (AvgIpc) is 2.21. The van der Waals surface area contributed by atoms with Gasteiger partial charge in [-0.1, -0.05) is 26.7 Å². The number of hydrogen-bond donors (Lipinski definition) is 2. The Bertz CT molecular complexity index is 286. The highest BCUT2D eigenvalue weighted by Crippen LogP contribution is 2.18. The number of carboxylic acids is 1. The van der Waals surface area contributed by atoms with Crippen LogP contribution in [0.25, 0.3) is 0 Å². The lowest BCUT2D eigenvalue weighted by atomic mass is 9.97. The molecule has 0 saturated carbocycles. The van der Waals surface area contributed by atoms with Gasteiger partial charge in [-0.2, -0.15) is 0 Å². The number of hydrogen-bond acceptors (Lipinski definition) is 2. The van der Waals surface area contributed by atoms with Crippen LogP contribution in [0.15, 0.2) is 0 Å². The van der Waals surface area contributed by atoms with Crippen LogP contribution in [-0.2, 0) is 4.79 Å². The van der Waals surface area contributed by atoms with E-state index >= 15 is 0 Å². The molecule has 1 aliphatic rings. The molecule has 0 bridgehead atoms. The summed E-state index contributed by atoms with van der Waals surface area (Å²) in [4.78, 5) is 23.8. The topological polar surface area (TPSA) is 69.6 Å². The van der Waals surface area contributed by atoms with E-state index in [-0.39, 0.29) is 18.4 Å². The standard InChI is InChI=1S/C13H24N2O3/c1-10(2)5-3-4-6-14-13(18)15-8-11(9-15)7-12(16)17/h10-11H,3-9H2,1-2H3,(H,14,18)(H,16,17). The van der Waals surface area contributed by atoms with E-state index < -0.39 is 5.97 Å². The molecule has 0 atom stereocenters. The highest BCUT2D eigenvalue weighted by atomic mass is 16.4. The first kappa shape index (κ1) is 14.8. The van der Waals surface area contributed by atoms with Crippen molar-refractivity contribution in [2.75, 3.05) is 19.6 Å². The van der Waals surface area contributed by atoms with Crippen LogP contribution in [0.1, 0.15) is 39.5 Å². The molecule has 1 heterocycles. The molecule has 0 aliphatic carbocycles. The third kappa shape index (κ3) is 5.38. The van der Waals surface area contributed by atoms with E-state index in [1.807, 2.05) is 0 Å². The van der Waals surface area contributed by atoms with Crippen molar-refractivity contribution in [2.45, 2.75) is 39.5 Å². The molecule has 0 radical (unpaired) electrons. The predicted octanol–water partition coefficient (Wildman–Crippen LogP) is 1.93. The molecule has 0 aromatic heterocycles. The van der Waals surface area contributed by atoms with Gasteiger partial charge in [0.15, 0.2) is 0 Å². The first-order chi connectivity index (χ1) is 8.49. The van der Waals surface area contributed by atoms with Gasteiger partial charge in [0.2, 0.25) is 0 Å². The summed E-state index contributed by atoms with van der Waals surface area (Å²) in [5, 5.41) is 11.5. The molecular weight excluding hydrogens is 232 g/mol. The number of unbranched alkanes of at least 4 members (excludes halogenated alkanes) is 1. The van der Waals surface area contributed by atoms with Gasteiger partial charge in [0, 0.05) is 25.6 Å². The Balaban J connectivity index is 2.00. The zero-order chi connectivity index (χ0) is 13.5. The summed E-state index contributed by atoms with van der Waals surface area (Å²) in [6, 6.07) is -0.0545. The molecule has 1 saturated heterocycles. The number of nitrogens with zero attached hydrogens (tertiary/aromatic N) is 1. The molecule has 0 unspecified atom stereocenters. The monoisotopic (exact) mass is 256 g/mol. The molecule has 1 rings (SSSR count). The van der Waals surface area contributed by atoms with Crippen LogP contribution in [0.3, 0.4) is 0 Å². The van der Waals surface area contributed by atoms with Crippen molar-refractivity contribution in [1.29, 1.82) is 0 Å². The molecule has 5 heteroatoms. The number of amides is 2. The molecule has 5 nitrogen and oxygen atoms in total. The van der Waals surface area contributed by atoms with Crippen LogP contribution in [0.2, 0.25) is 0 Å². The number of aliphatic carboxylic acids is 1. The third-order valence-electron chi connectivity index (χ3n) is 3.19. The van der Waals surface area contributed by atoms with E-state index in [9.17, 15) is 9.59 Å². The minimum Gasteiger partial charge on any atom is -0.481 e. The molecule has 0 aromatic rings. The summed E-state index contributed by atoms with van der Waals surface area (Å²) in [7, 11) is 0. The molecule has 2 amide bonds. The number of urea groups is 1. The maximum absolute atomic E-state index is 11.6. The van der Waals surface area contributed by atoms with Gasteiger partial charge in [0.25, 0.3) is 0 Å². The summed E-state index contributed by atoms with van der Waals surface area (Å²) >= 11 is 0. The lowest BCUT2D eigenvalue weighted by Crippen LogP contribution is -2.54. The largest absolute Gasteiger partial charge is 0.481 e. The minimum absolute atomic E-state index is 0.0545. The Kier molecular flexibility index (Phi) is 5.95. The van der Waals surface area contributed by atoms with Gasteiger partial charge >= 0.3 is 12.0 Å². The molecule has 1 fully saturated rings. The van der Waals surface area contributed by atoms with Crippen LogP contribution >= 0.6 is 0 Å². The average molecular weight is 256 g/mol. The SMILES string of the molecule is CC(C)CCCCNC(=O)N1CC(CC(=O)O)C1. The molecule has 2 N–H and O–H groups in total. The fraction of sp³-hybridized carbons (Fsp3) is 0.846. The van der Waals surface area contributed by atoms with Gasteiger partial charge in [-0.3, -0.25) is 4.79 Å². The number of nitrogens with one attached hydrogen (secondary N) is 1. The van der Waals surface area contributed by atoms with Crippen LogP contribution in [0, 0.1) is 11.8 Å². The summed E-state index contributed by atoms with van der Waals surface area (Å²) < 4.78 is 0. The number of carboxylic acid groups (broad SMARTS) is 1. The lowest BCUT2D eigenvalue weighted by Gasteiger charge is -2.38. The molecule has 104 valence electrons. The summed E-state index contributed by atoms with van der Waals surface area (Å²) in [6.45, 7) is 6.25. The molecule has 0 spiro atoms. The highest BCUT2D eigenvalue weighted by Gasteiger charge is 2.31. The fourth-order valence-electron chi connectivity index (χ4n) is 2.10.